The highest BCUT2D eigenvalue weighted by Crippen LogP contribution is 2.20. The van der Waals surface area contributed by atoms with Crippen molar-refractivity contribution in [2.24, 2.45) is 0 Å². The predicted molar refractivity (Wildman–Crippen MR) is 65.5 cm³/mol. The van der Waals surface area contributed by atoms with Crippen molar-refractivity contribution >= 4 is 11.8 Å². The fourth-order valence-corrected chi connectivity index (χ4v) is 1.78. The molecule has 0 N–H and O–H groups in total. The topological polar surface area (TPSA) is 39.9 Å². The van der Waals surface area contributed by atoms with Crippen LogP contribution < -0.4 is 4.74 Å². The minimum Gasteiger partial charge on any atom is -0.497 e. The second kappa shape index (κ2) is 5.03. The molecule has 0 saturated heterocycles. The molecule has 0 bridgehead atoms. The van der Waals surface area contributed by atoms with Gasteiger partial charge >= 0.3 is 0 Å². The maximum Gasteiger partial charge on any atom is 0.118 e. The highest BCUT2D eigenvalue weighted by atomic mass is 32.2. The van der Waals surface area contributed by atoms with Crippen LogP contribution in [0.3, 0.4) is 0 Å². The van der Waals surface area contributed by atoms with Crippen LogP contribution in [0, 0.1) is 0 Å². The molecule has 5 heteroatoms. The molecule has 0 atom stereocenters. The zero-order valence-corrected chi connectivity index (χ0v) is 10.1. The Hall–Kier alpha value is -1.49. The average Bonchev–Trinajstić information content (AvgIpc) is 2.78. The summed E-state index contributed by atoms with van der Waals surface area (Å²) < 4.78 is 6.93. The molecule has 4 nitrogen and oxygen atoms in total. The first-order chi connectivity index (χ1) is 7.83. The molecule has 0 aliphatic rings. The number of methoxy groups -OCH3 is 1. The SMILES string of the molecule is COc1ccc(-c2cn(CSC)nn2)cc1. The van der Waals surface area contributed by atoms with Crippen molar-refractivity contribution in [3.63, 3.8) is 0 Å². The Labute approximate surface area is 98.6 Å². The highest BCUT2D eigenvalue weighted by Gasteiger charge is 2.03. The van der Waals surface area contributed by atoms with Gasteiger partial charge in [0.25, 0.3) is 0 Å². The van der Waals surface area contributed by atoms with Gasteiger partial charge in [-0.25, -0.2) is 4.68 Å². The number of rotatable bonds is 4. The molecule has 0 aliphatic carbocycles. The van der Waals surface area contributed by atoms with Gasteiger partial charge in [0.05, 0.1) is 19.2 Å². The predicted octanol–water partition coefficient (Wildman–Crippen LogP) is 2.27. The van der Waals surface area contributed by atoms with E-state index in [4.69, 9.17) is 4.74 Å². The third-order valence-corrected chi connectivity index (χ3v) is 2.71. The van der Waals surface area contributed by atoms with Crippen LogP contribution >= 0.6 is 11.8 Å². The molecule has 1 heterocycles. The Morgan fingerprint density at radius 2 is 2.06 bits per heavy atom. The number of hydrogen-bond donors (Lipinski definition) is 0. The summed E-state index contributed by atoms with van der Waals surface area (Å²) in [7, 11) is 1.66. The van der Waals surface area contributed by atoms with Crippen LogP contribution in [0.15, 0.2) is 30.5 Å². The number of aromatic nitrogens is 3. The van der Waals surface area contributed by atoms with E-state index >= 15 is 0 Å². The van der Waals surface area contributed by atoms with Crippen LogP contribution in [0.25, 0.3) is 11.3 Å². The van der Waals surface area contributed by atoms with Gasteiger partial charge in [0, 0.05) is 5.56 Å². The second-order valence-electron chi connectivity index (χ2n) is 3.29. The van der Waals surface area contributed by atoms with Crippen LogP contribution in [0.5, 0.6) is 5.75 Å². The first-order valence-electron chi connectivity index (χ1n) is 4.87. The summed E-state index contributed by atoms with van der Waals surface area (Å²) in [6, 6.07) is 7.80. The molecule has 0 radical (unpaired) electrons. The van der Waals surface area contributed by atoms with E-state index in [2.05, 4.69) is 10.3 Å². The minimum atomic E-state index is 0.823. The lowest BCUT2D eigenvalue weighted by Crippen LogP contribution is -1.93. The summed E-state index contributed by atoms with van der Waals surface area (Å²) >= 11 is 1.71. The number of thioether (sulfide) groups is 1. The number of ether oxygens (including phenoxy) is 1. The Kier molecular flexibility index (Phi) is 3.46. The van der Waals surface area contributed by atoms with E-state index in [-0.39, 0.29) is 0 Å². The summed E-state index contributed by atoms with van der Waals surface area (Å²) in [5, 5.41) is 8.16. The van der Waals surface area contributed by atoms with Gasteiger partial charge in [-0.1, -0.05) is 5.21 Å². The monoisotopic (exact) mass is 235 g/mol. The molecule has 2 rings (SSSR count). The lowest BCUT2D eigenvalue weighted by molar-refractivity contribution is 0.415. The highest BCUT2D eigenvalue weighted by molar-refractivity contribution is 7.97. The molecule has 84 valence electrons. The second-order valence-corrected chi connectivity index (χ2v) is 4.13. The van der Waals surface area contributed by atoms with E-state index in [1.165, 1.54) is 0 Å². The molecule has 0 aliphatic heterocycles. The van der Waals surface area contributed by atoms with Gasteiger partial charge in [0.15, 0.2) is 0 Å². The molecule has 0 spiro atoms. The third kappa shape index (κ3) is 2.36. The van der Waals surface area contributed by atoms with Gasteiger partial charge in [0.1, 0.15) is 11.4 Å². The van der Waals surface area contributed by atoms with Gasteiger partial charge in [-0.2, -0.15) is 0 Å². The van der Waals surface area contributed by atoms with Crippen molar-refractivity contribution < 1.29 is 4.74 Å². The number of hydrogen-bond acceptors (Lipinski definition) is 4. The summed E-state index contributed by atoms with van der Waals surface area (Å²) in [5.74, 6) is 1.67. The summed E-state index contributed by atoms with van der Waals surface area (Å²) in [6.45, 7) is 0. The maximum atomic E-state index is 5.10. The smallest absolute Gasteiger partial charge is 0.118 e. The largest absolute Gasteiger partial charge is 0.497 e. The van der Waals surface area contributed by atoms with Crippen LogP contribution in [0.2, 0.25) is 0 Å². The third-order valence-electron chi connectivity index (χ3n) is 2.19. The Bertz CT molecular complexity index is 453. The fraction of sp³-hybridized carbons (Fsp3) is 0.273. The summed E-state index contributed by atoms with van der Waals surface area (Å²) in [6.07, 6.45) is 3.98. The van der Waals surface area contributed by atoms with Crippen molar-refractivity contribution in [3.8, 4) is 17.0 Å². The van der Waals surface area contributed by atoms with Crippen molar-refractivity contribution in [1.29, 1.82) is 0 Å². The van der Waals surface area contributed by atoms with Crippen LogP contribution in [-0.2, 0) is 5.88 Å². The van der Waals surface area contributed by atoms with Crippen molar-refractivity contribution in [1.82, 2.24) is 15.0 Å². The molecular weight excluding hydrogens is 222 g/mol. The first kappa shape index (κ1) is 11.0. The molecule has 16 heavy (non-hydrogen) atoms. The van der Waals surface area contributed by atoms with E-state index in [0.717, 1.165) is 22.9 Å². The zero-order valence-electron chi connectivity index (χ0n) is 9.25. The molecule has 1 aromatic heterocycles. The van der Waals surface area contributed by atoms with E-state index in [1.54, 1.807) is 18.9 Å². The fourth-order valence-electron chi connectivity index (χ4n) is 1.39. The Morgan fingerprint density at radius 3 is 2.69 bits per heavy atom. The van der Waals surface area contributed by atoms with Crippen LogP contribution in [0.4, 0.5) is 0 Å². The van der Waals surface area contributed by atoms with Gasteiger partial charge < -0.3 is 4.74 Å². The van der Waals surface area contributed by atoms with Gasteiger partial charge in [0.2, 0.25) is 0 Å². The maximum absolute atomic E-state index is 5.10. The number of nitrogens with zero attached hydrogens (tertiary/aromatic N) is 3. The lowest BCUT2D eigenvalue weighted by atomic mass is 10.2. The Morgan fingerprint density at radius 1 is 1.31 bits per heavy atom. The lowest BCUT2D eigenvalue weighted by Gasteiger charge is -1.99. The molecule has 0 amide bonds. The van der Waals surface area contributed by atoms with Gasteiger partial charge in [-0.15, -0.1) is 16.9 Å². The van der Waals surface area contributed by atoms with Crippen molar-refractivity contribution in [3.05, 3.63) is 30.5 Å². The summed E-state index contributed by atoms with van der Waals surface area (Å²) in [5.41, 5.74) is 1.94. The van der Waals surface area contributed by atoms with E-state index < -0.39 is 0 Å². The van der Waals surface area contributed by atoms with E-state index in [0.29, 0.717) is 0 Å². The average molecular weight is 235 g/mol. The van der Waals surface area contributed by atoms with Crippen molar-refractivity contribution in [2.75, 3.05) is 13.4 Å². The molecular formula is C11H13N3OS. The van der Waals surface area contributed by atoms with Crippen molar-refractivity contribution in [2.45, 2.75) is 5.88 Å². The molecule has 0 unspecified atom stereocenters. The summed E-state index contributed by atoms with van der Waals surface area (Å²) in [4.78, 5) is 0. The normalized spacial score (nSPS) is 10.4. The Balaban J connectivity index is 2.21. The first-order valence-corrected chi connectivity index (χ1v) is 6.26. The minimum absolute atomic E-state index is 0.823. The molecule has 0 fully saturated rings. The van der Waals surface area contributed by atoms with Crippen LogP contribution in [-0.4, -0.2) is 28.4 Å². The molecule has 0 saturated carbocycles. The van der Waals surface area contributed by atoms with Gasteiger partial charge in [-0.05, 0) is 30.5 Å². The molecule has 1 aromatic carbocycles. The van der Waals surface area contributed by atoms with E-state index in [1.807, 2.05) is 41.4 Å². The standard InChI is InChI=1S/C11H13N3OS/c1-15-10-5-3-9(4-6-10)11-7-14(8-16-2)13-12-11/h3-7H,8H2,1-2H3. The number of benzene rings is 1. The molecule has 2 aromatic rings. The zero-order chi connectivity index (χ0) is 11.4. The quantitative estimate of drug-likeness (QED) is 0.815. The van der Waals surface area contributed by atoms with E-state index in [9.17, 15) is 0 Å². The van der Waals surface area contributed by atoms with Crippen LogP contribution in [0.1, 0.15) is 0 Å². The van der Waals surface area contributed by atoms with Gasteiger partial charge in [-0.3, -0.25) is 0 Å².